The van der Waals surface area contributed by atoms with Crippen LogP contribution in [-0.2, 0) is 10.0 Å². The van der Waals surface area contributed by atoms with Crippen LogP contribution in [0.2, 0.25) is 0 Å². The third kappa shape index (κ3) is 4.41. The van der Waals surface area contributed by atoms with Gasteiger partial charge in [-0.1, -0.05) is 18.2 Å². The quantitative estimate of drug-likeness (QED) is 0.705. The molecular formula is C25H33N3O3S. The van der Waals surface area contributed by atoms with Crippen LogP contribution in [-0.4, -0.2) is 62.8 Å². The van der Waals surface area contributed by atoms with Gasteiger partial charge in [-0.25, -0.2) is 8.42 Å². The highest BCUT2D eigenvalue weighted by atomic mass is 32.2. The van der Waals surface area contributed by atoms with Crippen LogP contribution in [0.4, 0.5) is 5.69 Å². The molecule has 0 saturated carbocycles. The molecule has 0 N–H and O–H groups in total. The van der Waals surface area contributed by atoms with E-state index in [-0.39, 0.29) is 10.8 Å². The normalized spacial score (nSPS) is 18.1. The molecular weight excluding hydrogens is 422 g/mol. The number of rotatable bonds is 4. The monoisotopic (exact) mass is 455 g/mol. The molecule has 2 aliphatic heterocycles. The largest absolute Gasteiger partial charge is 0.369 e. The first-order chi connectivity index (χ1) is 15.3. The molecule has 0 radical (unpaired) electrons. The third-order valence-electron chi connectivity index (χ3n) is 6.88. The fourth-order valence-corrected chi connectivity index (χ4v) is 6.10. The summed E-state index contributed by atoms with van der Waals surface area (Å²) in [5, 5.41) is 0. The molecule has 2 saturated heterocycles. The maximum Gasteiger partial charge on any atom is 0.254 e. The standard InChI is InChI=1S/C25H33N3O3S/c1-19-8-7-9-24(21(19)3)26-14-16-28(17-15-26)32(30,31)22-11-10-20(2)23(18-22)25(29)27-12-5-4-6-13-27/h7-11,18H,4-6,12-17H2,1-3H3. The number of benzene rings is 2. The smallest absolute Gasteiger partial charge is 0.254 e. The molecule has 0 aliphatic carbocycles. The van der Waals surface area contributed by atoms with Gasteiger partial charge in [0, 0.05) is 50.5 Å². The maximum atomic E-state index is 13.4. The van der Waals surface area contributed by atoms with Gasteiger partial charge < -0.3 is 9.80 Å². The number of sulfonamides is 1. The van der Waals surface area contributed by atoms with Gasteiger partial charge in [0.25, 0.3) is 5.91 Å². The van der Waals surface area contributed by atoms with E-state index >= 15 is 0 Å². The third-order valence-corrected chi connectivity index (χ3v) is 8.77. The maximum absolute atomic E-state index is 13.4. The van der Waals surface area contributed by atoms with Gasteiger partial charge in [0.2, 0.25) is 10.0 Å². The first kappa shape index (κ1) is 22.8. The zero-order chi connectivity index (χ0) is 22.9. The Hall–Kier alpha value is -2.38. The van der Waals surface area contributed by atoms with Gasteiger partial charge in [-0.05, 0) is 74.9 Å². The number of piperidine rings is 1. The molecule has 0 spiro atoms. The van der Waals surface area contributed by atoms with E-state index in [4.69, 9.17) is 0 Å². The number of aryl methyl sites for hydroxylation is 2. The minimum absolute atomic E-state index is 0.0565. The van der Waals surface area contributed by atoms with Crippen molar-refractivity contribution in [3.05, 3.63) is 58.7 Å². The minimum Gasteiger partial charge on any atom is -0.369 e. The van der Waals surface area contributed by atoms with Crippen LogP contribution in [0.25, 0.3) is 0 Å². The van der Waals surface area contributed by atoms with Crippen molar-refractivity contribution in [1.29, 1.82) is 0 Å². The number of nitrogens with zero attached hydrogens (tertiary/aromatic N) is 3. The first-order valence-electron chi connectivity index (χ1n) is 11.5. The lowest BCUT2D eigenvalue weighted by molar-refractivity contribution is 0.0723. The number of hydrogen-bond donors (Lipinski definition) is 0. The van der Waals surface area contributed by atoms with Gasteiger partial charge >= 0.3 is 0 Å². The molecule has 7 heteroatoms. The molecule has 0 atom stereocenters. The molecule has 1 amide bonds. The van der Waals surface area contributed by atoms with E-state index in [2.05, 4.69) is 30.9 Å². The van der Waals surface area contributed by atoms with Crippen molar-refractivity contribution in [3.63, 3.8) is 0 Å². The fourth-order valence-electron chi connectivity index (χ4n) is 4.66. The highest BCUT2D eigenvalue weighted by Gasteiger charge is 2.30. The van der Waals surface area contributed by atoms with Crippen molar-refractivity contribution in [2.75, 3.05) is 44.2 Å². The van der Waals surface area contributed by atoms with E-state index < -0.39 is 10.0 Å². The number of hydrogen-bond acceptors (Lipinski definition) is 4. The molecule has 172 valence electrons. The fraction of sp³-hybridized carbons (Fsp3) is 0.480. The van der Waals surface area contributed by atoms with E-state index in [1.54, 1.807) is 22.5 Å². The first-order valence-corrected chi connectivity index (χ1v) is 12.9. The summed E-state index contributed by atoms with van der Waals surface area (Å²) in [7, 11) is -3.65. The number of amides is 1. The summed E-state index contributed by atoms with van der Waals surface area (Å²) in [5.41, 5.74) is 4.97. The van der Waals surface area contributed by atoms with Crippen LogP contribution >= 0.6 is 0 Å². The summed E-state index contributed by atoms with van der Waals surface area (Å²) < 4.78 is 28.3. The van der Waals surface area contributed by atoms with Crippen molar-refractivity contribution in [1.82, 2.24) is 9.21 Å². The number of anilines is 1. The predicted octanol–water partition coefficient (Wildman–Crippen LogP) is 3.75. The average Bonchev–Trinajstić information content (AvgIpc) is 2.81. The summed E-state index contributed by atoms with van der Waals surface area (Å²) in [6, 6.07) is 11.2. The van der Waals surface area contributed by atoms with Crippen LogP contribution in [0.3, 0.4) is 0 Å². The SMILES string of the molecule is Cc1ccc(S(=O)(=O)N2CCN(c3cccc(C)c3C)CC2)cc1C(=O)N1CCCCC1. The second-order valence-electron chi connectivity index (χ2n) is 8.94. The topological polar surface area (TPSA) is 60.9 Å². The summed E-state index contributed by atoms with van der Waals surface area (Å²) in [5.74, 6) is -0.0565. The van der Waals surface area contributed by atoms with Crippen LogP contribution in [0.15, 0.2) is 41.3 Å². The highest BCUT2D eigenvalue weighted by molar-refractivity contribution is 7.89. The van der Waals surface area contributed by atoms with E-state index in [1.165, 1.54) is 16.8 Å². The molecule has 0 unspecified atom stereocenters. The Labute approximate surface area is 191 Å². The molecule has 32 heavy (non-hydrogen) atoms. The van der Waals surface area contributed by atoms with E-state index in [1.807, 2.05) is 17.9 Å². The summed E-state index contributed by atoms with van der Waals surface area (Å²) in [4.78, 5) is 17.4. The van der Waals surface area contributed by atoms with Gasteiger partial charge in [-0.2, -0.15) is 4.31 Å². The predicted molar refractivity (Wildman–Crippen MR) is 128 cm³/mol. The second kappa shape index (κ2) is 9.24. The zero-order valence-corrected chi connectivity index (χ0v) is 20.1. The Kier molecular flexibility index (Phi) is 6.58. The van der Waals surface area contributed by atoms with E-state index in [0.717, 1.165) is 37.9 Å². The number of likely N-dealkylation sites (tertiary alicyclic amines) is 1. The zero-order valence-electron chi connectivity index (χ0n) is 19.3. The highest BCUT2D eigenvalue weighted by Crippen LogP contribution is 2.27. The number of carbonyl (C=O) groups excluding carboxylic acids is 1. The minimum atomic E-state index is -3.65. The van der Waals surface area contributed by atoms with E-state index in [9.17, 15) is 13.2 Å². The molecule has 2 aromatic rings. The van der Waals surface area contributed by atoms with Gasteiger partial charge in [-0.3, -0.25) is 4.79 Å². The van der Waals surface area contributed by atoms with Crippen molar-refractivity contribution < 1.29 is 13.2 Å². The lowest BCUT2D eigenvalue weighted by Gasteiger charge is -2.36. The Morgan fingerprint density at radius 2 is 1.50 bits per heavy atom. The molecule has 6 nitrogen and oxygen atoms in total. The number of piperazine rings is 1. The Balaban J connectivity index is 1.51. The van der Waals surface area contributed by atoms with Gasteiger partial charge in [0.05, 0.1) is 4.90 Å². The van der Waals surface area contributed by atoms with E-state index in [0.29, 0.717) is 31.7 Å². The Morgan fingerprint density at radius 1 is 0.812 bits per heavy atom. The number of carbonyl (C=O) groups is 1. The van der Waals surface area contributed by atoms with Crippen LogP contribution in [0.5, 0.6) is 0 Å². The van der Waals surface area contributed by atoms with Gasteiger partial charge in [0.1, 0.15) is 0 Å². The summed E-state index contributed by atoms with van der Waals surface area (Å²) >= 11 is 0. The van der Waals surface area contributed by atoms with Gasteiger partial charge in [-0.15, -0.1) is 0 Å². The molecule has 0 bridgehead atoms. The van der Waals surface area contributed by atoms with Crippen LogP contribution in [0, 0.1) is 20.8 Å². The molecule has 2 aliphatic rings. The van der Waals surface area contributed by atoms with Gasteiger partial charge in [0.15, 0.2) is 0 Å². The second-order valence-corrected chi connectivity index (χ2v) is 10.9. The lowest BCUT2D eigenvalue weighted by atomic mass is 10.1. The Morgan fingerprint density at radius 3 is 2.19 bits per heavy atom. The molecule has 4 rings (SSSR count). The van der Waals surface area contributed by atoms with Crippen molar-refractivity contribution in [2.45, 2.75) is 44.9 Å². The summed E-state index contributed by atoms with van der Waals surface area (Å²) in [6.45, 7) is 9.73. The molecule has 2 fully saturated rings. The summed E-state index contributed by atoms with van der Waals surface area (Å²) in [6.07, 6.45) is 3.16. The lowest BCUT2D eigenvalue weighted by Crippen LogP contribution is -2.49. The van der Waals surface area contributed by atoms with Crippen LogP contribution in [0.1, 0.15) is 46.3 Å². The van der Waals surface area contributed by atoms with Crippen molar-refractivity contribution >= 4 is 21.6 Å². The average molecular weight is 456 g/mol. The van der Waals surface area contributed by atoms with Crippen molar-refractivity contribution in [2.24, 2.45) is 0 Å². The Bertz CT molecular complexity index is 1100. The molecule has 2 aromatic carbocycles. The van der Waals surface area contributed by atoms with Crippen molar-refractivity contribution in [3.8, 4) is 0 Å². The van der Waals surface area contributed by atoms with Crippen LogP contribution < -0.4 is 4.90 Å². The molecule has 2 heterocycles. The molecule has 0 aromatic heterocycles.